The number of halogens is 2. The van der Waals surface area contributed by atoms with Crippen LogP contribution < -0.4 is 24.8 Å². The Labute approximate surface area is 281 Å². The molecule has 0 radical (unpaired) electrons. The zero-order valence-corrected chi connectivity index (χ0v) is 29.2. The van der Waals surface area contributed by atoms with Crippen molar-refractivity contribution in [2.75, 3.05) is 0 Å². The molecule has 0 spiro atoms. The monoisotopic (exact) mass is 670 g/mol. The molecule has 0 aliphatic heterocycles. The Kier molecular flexibility index (Phi) is 11.4. The van der Waals surface area contributed by atoms with E-state index in [0.717, 1.165) is 24.2 Å². The summed E-state index contributed by atoms with van der Waals surface area (Å²) in [6.07, 6.45) is 11.8. The first-order valence-electron chi connectivity index (χ1n) is 15.3. The molecule has 0 nitrogen and oxygen atoms in total. The van der Waals surface area contributed by atoms with Crippen molar-refractivity contribution in [3.05, 3.63) is 124 Å². The van der Waals surface area contributed by atoms with Crippen LogP contribution in [0.4, 0.5) is 0 Å². The smallest absolute Gasteiger partial charge is 0.0253 e. The number of fused-ring (bicyclic) bond motifs is 3. The van der Waals surface area contributed by atoms with Crippen LogP contribution >= 0.6 is 0 Å². The van der Waals surface area contributed by atoms with Crippen molar-refractivity contribution in [2.24, 2.45) is 23.2 Å². The fourth-order valence-corrected chi connectivity index (χ4v) is 9.06. The Morgan fingerprint density at radius 1 is 0.833 bits per heavy atom. The van der Waals surface area contributed by atoms with E-state index in [2.05, 4.69) is 99.6 Å². The molecule has 3 heteroatoms. The predicted molar refractivity (Wildman–Crippen MR) is 166 cm³/mol. The number of benzene rings is 3. The molecule has 0 aromatic heterocycles. The third-order valence-electron chi connectivity index (χ3n) is 9.91. The van der Waals surface area contributed by atoms with E-state index < -0.39 is 0 Å². The molecule has 0 amide bonds. The Balaban J connectivity index is 0.000000150. The maximum atomic E-state index is 3.30. The summed E-state index contributed by atoms with van der Waals surface area (Å²) < 4.78 is 1.46. The second kappa shape index (κ2) is 14.4. The van der Waals surface area contributed by atoms with Gasteiger partial charge in [-0.05, 0) is 68.1 Å². The molecule has 42 heavy (non-hydrogen) atoms. The first-order valence-corrected chi connectivity index (χ1v) is 16.5. The number of rotatable bonds is 3. The summed E-state index contributed by atoms with van der Waals surface area (Å²) in [6.45, 7) is 6.71. The van der Waals surface area contributed by atoms with E-state index in [4.69, 9.17) is 0 Å². The molecule has 218 valence electrons. The Morgan fingerprint density at radius 3 is 2.00 bits per heavy atom. The van der Waals surface area contributed by atoms with E-state index in [-0.39, 0.29) is 24.8 Å². The van der Waals surface area contributed by atoms with E-state index in [0.29, 0.717) is 5.41 Å². The van der Waals surface area contributed by atoms with Gasteiger partial charge in [-0.1, -0.05) is 55.7 Å². The SMILES string of the molecule is C[C](=[Zr+2])c1ccccc1.Cc1cc(CC23CC4CC(CC(C4)C2)C3)c(C)[cH-]1.[Cl-].[Cl-].[c-]1cccc2c1Cc1ccccc1-2. The maximum absolute atomic E-state index is 3.30. The summed E-state index contributed by atoms with van der Waals surface area (Å²) in [6, 6.07) is 33.4. The van der Waals surface area contributed by atoms with Gasteiger partial charge in [0.15, 0.2) is 0 Å². The standard InChI is InChI=1S/C18H25.C13H9.C8H8.2ClH.Zr/c1-12-3-13(2)17(4-12)11-18-8-14-5-15(9-18)7-16(6-14)10-18;1-3-7-12-10(5-1)9-11-6-2-4-8-13(11)12;1-2-8-6-4-3-5-7-8;;;/h3-4,14-16H,5-11H2,1-2H3;1-5,7-8H,9H2;3-7H,1H3;2*1H;/q2*-1;;;;+2/p-2. The van der Waals surface area contributed by atoms with Crippen molar-refractivity contribution in [1.82, 2.24) is 0 Å². The van der Waals surface area contributed by atoms with Gasteiger partial charge in [0.1, 0.15) is 0 Å². The van der Waals surface area contributed by atoms with Crippen LogP contribution in [0.5, 0.6) is 0 Å². The minimum atomic E-state index is 0. The average molecular weight is 673 g/mol. The molecule has 5 aliphatic rings. The normalized spacial score (nSPS) is 23.6. The summed E-state index contributed by atoms with van der Waals surface area (Å²) in [5, 5.41) is 0. The fourth-order valence-electron chi connectivity index (χ4n) is 8.65. The minimum absolute atomic E-state index is 0. The van der Waals surface area contributed by atoms with Gasteiger partial charge in [0.25, 0.3) is 0 Å². The Morgan fingerprint density at radius 2 is 1.43 bits per heavy atom. The number of hydrogen-bond acceptors (Lipinski definition) is 0. The van der Waals surface area contributed by atoms with E-state index >= 15 is 0 Å². The zero-order valence-electron chi connectivity index (χ0n) is 25.2. The molecule has 0 saturated heterocycles. The number of aryl methyl sites for hydroxylation is 2. The van der Waals surface area contributed by atoms with Gasteiger partial charge in [0.05, 0.1) is 0 Å². The molecule has 4 aromatic carbocycles. The predicted octanol–water partition coefficient (Wildman–Crippen LogP) is 3.62. The first-order chi connectivity index (χ1) is 19.4. The van der Waals surface area contributed by atoms with Gasteiger partial charge in [-0.2, -0.15) is 52.6 Å². The summed E-state index contributed by atoms with van der Waals surface area (Å²) in [7, 11) is 0. The molecule has 4 saturated carbocycles. The molecule has 4 aromatic rings. The molecule has 9 rings (SSSR count). The van der Waals surface area contributed by atoms with Crippen LogP contribution in [0.2, 0.25) is 0 Å². The quantitative estimate of drug-likeness (QED) is 0.257. The van der Waals surface area contributed by atoms with Gasteiger partial charge in [-0.15, -0.1) is 5.56 Å². The van der Waals surface area contributed by atoms with Gasteiger partial charge in [0, 0.05) is 0 Å². The third kappa shape index (κ3) is 7.52. The fraction of sp³-hybridized carbons (Fsp3) is 0.385. The van der Waals surface area contributed by atoms with Crippen LogP contribution in [0.3, 0.4) is 0 Å². The van der Waals surface area contributed by atoms with Gasteiger partial charge >= 0.3 is 70.3 Å². The largest absolute Gasteiger partial charge is 1.00 e. The van der Waals surface area contributed by atoms with Crippen LogP contribution in [0.15, 0.2) is 84.9 Å². The third-order valence-corrected chi connectivity index (χ3v) is 10.6. The van der Waals surface area contributed by atoms with Crippen LogP contribution in [0, 0.1) is 43.1 Å². The molecule has 0 heterocycles. The van der Waals surface area contributed by atoms with Gasteiger partial charge in [0.2, 0.25) is 0 Å². The minimum Gasteiger partial charge on any atom is -1.00 e. The van der Waals surface area contributed by atoms with E-state index in [1.54, 1.807) is 49.7 Å². The molecular formula is C39H42Cl2Zr-2. The molecular weight excluding hydrogens is 631 g/mol. The summed E-state index contributed by atoms with van der Waals surface area (Å²) in [4.78, 5) is 0. The van der Waals surface area contributed by atoms with E-state index in [9.17, 15) is 0 Å². The van der Waals surface area contributed by atoms with Crippen LogP contribution in [-0.4, -0.2) is 3.21 Å². The topological polar surface area (TPSA) is 0 Å². The molecule has 0 unspecified atom stereocenters. The van der Waals surface area contributed by atoms with E-state index in [1.165, 1.54) is 67.2 Å². The van der Waals surface area contributed by atoms with Crippen molar-refractivity contribution >= 4 is 3.21 Å². The Bertz CT molecular complexity index is 1400. The molecule has 0 N–H and O–H groups in total. The second-order valence-corrected chi connectivity index (χ2v) is 15.1. The molecule has 0 atom stereocenters. The summed E-state index contributed by atoms with van der Waals surface area (Å²) in [5.41, 5.74) is 12.3. The average Bonchev–Trinajstić information content (AvgIpc) is 3.47. The Hall–Kier alpha value is -1.66. The van der Waals surface area contributed by atoms with Gasteiger partial charge in [-0.3, -0.25) is 0 Å². The van der Waals surface area contributed by atoms with Crippen LogP contribution in [-0.2, 0) is 37.1 Å². The molecule has 4 bridgehead atoms. The van der Waals surface area contributed by atoms with Gasteiger partial charge in [-0.25, -0.2) is 6.07 Å². The molecule has 5 aliphatic carbocycles. The van der Waals surface area contributed by atoms with Crippen molar-refractivity contribution in [1.29, 1.82) is 0 Å². The summed E-state index contributed by atoms with van der Waals surface area (Å²) in [5.74, 6) is 3.27. The zero-order chi connectivity index (χ0) is 27.7. The van der Waals surface area contributed by atoms with Gasteiger partial charge < -0.3 is 24.8 Å². The first kappa shape index (κ1) is 33.2. The number of hydrogen-bond donors (Lipinski definition) is 0. The van der Waals surface area contributed by atoms with Crippen molar-refractivity contribution < 1.29 is 49.0 Å². The summed E-state index contributed by atoms with van der Waals surface area (Å²) >= 11 is 1.51. The van der Waals surface area contributed by atoms with Crippen LogP contribution in [0.25, 0.3) is 11.1 Å². The van der Waals surface area contributed by atoms with Crippen LogP contribution in [0.1, 0.15) is 78.8 Å². The molecule has 4 fully saturated rings. The van der Waals surface area contributed by atoms with Crippen molar-refractivity contribution in [2.45, 2.75) is 72.1 Å². The van der Waals surface area contributed by atoms with Crippen molar-refractivity contribution in [3.63, 3.8) is 0 Å². The maximum Gasteiger partial charge on any atom is -0.0253 e. The van der Waals surface area contributed by atoms with E-state index in [1.807, 2.05) is 12.1 Å². The second-order valence-electron chi connectivity index (χ2n) is 13.2. The van der Waals surface area contributed by atoms with Crippen molar-refractivity contribution in [3.8, 4) is 11.1 Å².